The average molecular weight is 290 g/mol. The van der Waals surface area contributed by atoms with Crippen LogP contribution in [-0.4, -0.2) is 22.1 Å². The van der Waals surface area contributed by atoms with Gasteiger partial charge in [0.1, 0.15) is 5.82 Å². The number of amidine groups is 1. The zero-order chi connectivity index (χ0) is 14.5. The summed E-state index contributed by atoms with van der Waals surface area (Å²) in [6.07, 6.45) is 1.72. The molecule has 0 saturated heterocycles. The van der Waals surface area contributed by atoms with E-state index in [1.54, 1.807) is 29.7 Å². The largest absolute Gasteiger partial charge is 0.409 e. The molecule has 20 heavy (non-hydrogen) atoms. The molecule has 0 atom stereocenters. The lowest BCUT2D eigenvalue weighted by atomic mass is 10.2. The maximum Gasteiger partial charge on any atom is 0.173 e. The number of nitrogens with zero attached hydrogens (tertiary/aromatic N) is 3. The van der Waals surface area contributed by atoms with E-state index in [4.69, 9.17) is 10.9 Å². The molecule has 0 aliphatic carbocycles. The average Bonchev–Trinajstić information content (AvgIpc) is 2.96. The Kier molecular flexibility index (Phi) is 4.57. The van der Waals surface area contributed by atoms with E-state index < -0.39 is 0 Å². The fourth-order valence-corrected chi connectivity index (χ4v) is 2.65. The highest BCUT2D eigenvalue weighted by Gasteiger charge is 2.18. The van der Waals surface area contributed by atoms with Gasteiger partial charge in [-0.15, -0.1) is 11.3 Å². The number of hydrogen-bond donors (Lipinski definition) is 2. The van der Waals surface area contributed by atoms with Crippen molar-refractivity contribution in [2.24, 2.45) is 10.9 Å². The van der Waals surface area contributed by atoms with Crippen LogP contribution in [0.1, 0.15) is 24.3 Å². The summed E-state index contributed by atoms with van der Waals surface area (Å²) in [5.41, 5.74) is 6.38. The minimum Gasteiger partial charge on any atom is -0.409 e. The molecule has 0 aliphatic heterocycles. The Morgan fingerprint density at radius 1 is 1.45 bits per heavy atom. The van der Waals surface area contributed by atoms with Gasteiger partial charge in [-0.1, -0.05) is 11.2 Å². The van der Waals surface area contributed by atoms with Gasteiger partial charge in [-0.3, -0.25) is 0 Å². The quantitative estimate of drug-likeness (QED) is 0.384. The zero-order valence-corrected chi connectivity index (χ0v) is 12.3. The van der Waals surface area contributed by atoms with Crippen LogP contribution in [-0.2, 0) is 6.54 Å². The van der Waals surface area contributed by atoms with E-state index in [9.17, 15) is 0 Å². The van der Waals surface area contributed by atoms with Crippen molar-refractivity contribution in [1.82, 2.24) is 4.98 Å². The number of oxime groups is 1. The lowest BCUT2D eigenvalue weighted by Gasteiger charge is -2.29. The van der Waals surface area contributed by atoms with Crippen LogP contribution < -0.4 is 10.6 Å². The van der Waals surface area contributed by atoms with Crippen molar-refractivity contribution in [2.45, 2.75) is 26.4 Å². The van der Waals surface area contributed by atoms with E-state index in [-0.39, 0.29) is 11.9 Å². The van der Waals surface area contributed by atoms with Crippen LogP contribution in [0.3, 0.4) is 0 Å². The molecular formula is C14H18N4OS. The predicted molar refractivity (Wildman–Crippen MR) is 82.4 cm³/mol. The fourth-order valence-electron chi connectivity index (χ4n) is 1.95. The van der Waals surface area contributed by atoms with Crippen LogP contribution in [0.4, 0.5) is 5.82 Å². The van der Waals surface area contributed by atoms with Gasteiger partial charge < -0.3 is 15.8 Å². The van der Waals surface area contributed by atoms with Crippen molar-refractivity contribution in [2.75, 3.05) is 4.90 Å². The van der Waals surface area contributed by atoms with Crippen molar-refractivity contribution in [1.29, 1.82) is 0 Å². The third kappa shape index (κ3) is 3.08. The lowest BCUT2D eigenvalue weighted by molar-refractivity contribution is 0.318. The van der Waals surface area contributed by atoms with Crippen molar-refractivity contribution >= 4 is 23.0 Å². The van der Waals surface area contributed by atoms with Crippen molar-refractivity contribution in [3.63, 3.8) is 0 Å². The van der Waals surface area contributed by atoms with E-state index in [0.29, 0.717) is 5.56 Å². The van der Waals surface area contributed by atoms with Gasteiger partial charge in [0.15, 0.2) is 5.84 Å². The van der Waals surface area contributed by atoms with Gasteiger partial charge in [-0.05, 0) is 37.4 Å². The molecule has 0 bridgehead atoms. The molecule has 2 aromatic rings. The fraction of sp³-hybridized carbons (Fsp3) is 0.286. The molecule has 0 aromatic carbocycles. The summed E-state index contributed by atoms with van der Waals surface area (Å²) in [5.74, 6) is 0.802. The van der Waals surface area contributed by atoms with Crippen LogP contribution in [0.15, 0.2) is 41.0 Å². The molecule has 0 radical (unpaired) electrons. The van der Waals surface area contributed by atoms with E-state index >= 15 is 0 Å². The highest BCUT2D eigenvalue weighted by molar-refractivity contribution is 7.09. The van der Waals surface area contributed by atoms with Crippen LogP contribution in [0.2, 0.25) is 0 Å². The molecule has 0 spiro atoms. The summed E-state index contributed by atoms with van der Waals surface area (Å²) in [7, 11) is 0. The van der Waals surface area contributed by atoms with Gasteiger partial charge in [0.25, 0.3) is 0 Å². The number of hydrogen-bond acceptors (Lipinski definition) is 5. The van der Waals surface area contributed by atoms with Crippen molar-refractivity contribution in [3.05, 3.63) is 46.3 Å². The number of thiophene rings is 1. The Hall–Kier alpha value is -2.08. The molecule has 0 aliphatic rings. The zero-order valence-electron chi connectivity index (χ0n) is 11.5. The first-order valence-electron chi connectivity index (χ1n) is 6.35. The van der Waals surface area contributed by atoms with Crippen LogP contribution in [0.25, 0.3) is 0 Å². The summed E-state index contributed by atoms with van der Waals surface area (Å²) in [4.78, 5) is 7.79. The minimum absolute atomic E-state index is 0.0740. The molecule has 2 rings (SSSR count). The van der Waals surface area contributed by atoms with Crippen molar-refractivity contribution < 1.29 is 5.21 Å². The first kappa shape index (κ1) is 14.3. The second-order valence-corrected chi connectivity index (χ2v) is 5.69. The Morgan fingerprint density at radius 2 is 2.25 bits per heavy atom. The molecule has 5 nitrogen and oxygen atoms in total. The molecule has 2 aromatic heterocycles. The maximum atomic E-state index is 8.91. The number of nitrogens with two attached hydrogens (primary N) is 1. The molecule has 6 heteroatoms. The summed E-state index contributed by atoms with van der Waals surface area (Å²) in [6.45, 7) is 4.94. The smallest absolute Gasteiger partial charge is 0.173 e. The molecule has 0 amide bonds. The predicted octanol–water partition coefficient (Wildman–Crippen LogP) is 2.65. The second-order valence-electron chi connectivity index (χ2n) is 4.66. The first-order valence-corrected chi connectivity index (χ1v) is 7.23. The normalized spacial score (nSPS) is 11.8. The number of aromatic nitrogens is 1. The molecule has 3 N–H and O–H groups in total. The Bertz CT molecular complexity index is 581. The van der Waals surface area contributed by atoms with E-state index in [2.05, 4.69) is 40.3 Å². The standard InChI is InChI=1S/C14H18N4OS/c1-10(2)18(9-11-5-4-8-20-11)14-12(13(15)17-19)6-3-7-16-14/h3-8,10,19H,9H2,1-2H3,(H2,15,17). The summed E-state index contributed by atoms with van der Waals surface area (Å²) < 4.78 is 0. The number of rotatable bonds is 5. The molecule has 106 valence electrons. The topological polar surface area (TPSA) is 74.7 Å². The van der Waals surface area contributed by atoms with Gasteiger partial charge in [0, 0.05) is 17.1 Å². The molecule has 0 unspecified atom stereocenters. The Morgan fingerprint density at radius 3 is 2.85 bits per heavy atom. The van der Waals surface area contributed by atoms with Crippen LogP contribution in [0.5, 0.6) is 0 Å². The van der Waals surface area contributed by atoms with Gasteiger partial charge in [0.2, 0.25) is 0 Å². The van der Waals surface area contributed by atoms with Gasteiger partial charge >= 0.3 is 0 Å². The molecular weight excluding hydrogens is 272 g/mol. The second kappa shape index (κ2) is 6.38. The van der Waals surface area contributed by atoms with E-state index in [1.807, 2.05) is 6.07 Å². The Balaban J connectivity index is 2.39. The first-order chi connectivity index (χ1) is 9.63. The monoisotopic (exact) mass is 290 g/mol. The summed E-state index contributed by atoms with van der Waals surface area (Å²) in [6, 6.07) is 7.95. The Labute approximate surface area is 122 Å². The SMILES string of the molecule is CC(C)N(Cc1cccs1)c1ncccc1C(N)=NO. The van der Waals surface area contributed by atoms with E-state index in [1.165, 1.54) is 4.88 Å². The van der Waals surface area contributed by atoms with Crippen LogP contribution >= 0.6 is 11.3 Å². The van der Waals surface area contributed by atoms with Crippen molar-refractivity contribution in [3.8, 4) is 0 Å². The summed E-state index contributed by atoms with van der Waals surface area (Å²) >= 11 is 1.70. The molecule has 0 fully saturated rings. The van der Waals surface area contributed by atoms with Gasteiger partial charge in [-0.25, -0.2) is 4.98 Å². The van der Waals surface area contributed by atoms with Crippen LogP contribution in [0, 0.1) is 0 Å². The molecule has 2 heterocycles. The minimum atomic E-state index is 0.0740. The maximum absolute atomic E-state index is 8.91. The number of anilines is 1. The summed E-state index contributed by atoms with van der Waals surface area (Å²) in [5, 5.41) is 14.0. The third-order valence-electron chi connectivity index (χ3n) is 2.97. The highest BCUT2D eigenvalue weighted by atomic mass is 32.1. The highest BCUT2D eigenvalue weighted by Crippen LogP contribution is 2.23. The van der Waals surface area contributed by atoms with E-state index in [0.717, 1.165) is 12.4 Å². The molecule has 0 saturated carbocycles. The van der Waals surface area contributed by atoms with Gasteiger partial charge in [0.05, 0.1) is 12.1 Å². The van der Waals surface area contributed by atoms with Gasteiger partial charge in [-0.2, -0.15) is 0 Å². The number of pyridine rings is 1. The third-order valence-corrected chi connectivity index (χ3v) is 3.83. The lowest BCUT2D eigenvalue weighted by Crippen LogP contribution is -2.33.